The lowest BCUT2D eigenvalue weighted by molar-refractivity contribution is 0.0726. The maximum atomic E-state index is 13.7. The zero-order chi connectivity index (χ0) is 20.4. The molecule has 0 atom stereocenters. The molecule has 1 fully saturated rings. The molecular formula is C21H20F2N4O2. The Hall–Kier alpha value is -3.26. The Morgan fingerprint density at radius 3 is 2.41 bits per heavy atom. The molecule has 6 nitrogen and oxygen atoms in total. The smallest absolute Gasteiger partial charge is 0.326 e. The molecule has 29 heavy (non-hydrogen) atoms. The first-order chi connectivity index (χ1) is 14.0. The molecular weight excluding hydrogens is 378 g/mol. The summed E-state index contributed by atoms with van der Waals surface area (Å²) < 4.78 is 28.2. The Kier molecular flexibility index (Phi) is 5.26. The van der Waals surface area contributed by atoms with Gasteiger partial charge in [-0.15, -0.1) is 0 Å². The number of aromatic amines is 1. The van der Waals surface area contributed by atoms with Gasteiger partial charge >= 0.3 is 5.69 Å². The number of nitrogens with one attached hydrogen (secondary N) is 2. The molecule has 1 saturated heterocycles. The van der Waals surface area contributed by atoms with Crippen LogP contribution in [0.15, 0.2) is 53.3 Å². The van der Waals surface area contributed by atoms with Gasteiger partial charge in [-0.1, -0.05) is 36.4 Å². The van der Waals surface area contributed by atoms with Gasteiger partial charge in [-0.25, -0.2) is 13.6 Å². The van der Waals surface area contributed by atoms with Crippen molar-refractivity contribution in [1.29, 1.82) is 0 Å². The number of halogens is 2. The number of carbonyl (C=O) groups excluding carboxylic acids is 1. The van der Waals surface area contributed by atoms with Crippen LogP contribution >= 0.6 is 0 Å². The fourth-order valence-electron chi connectivity index (χ4n) is 3.50. The molecule has 1 amide bonds. The van der Waals surface area contributed by atoms with E-state index in [1.165, 1.54) is 10.6 Å². The molecule has 1 aliphatic heterocycles. The SMILES string of the molecule is O=C(c1c(-c2ccccc2)[nH]c(=O)n1Cc1ccc(F)c(F)c1)N1CCNCC1. The number of amides is 1. The minimum absolute atomic E-state index is 0.0491. The summed E-state index contributed by atoms with van der Waals surface area (Å²) in [6, 6.07) is 12.5. The summed E-state index contributed by atoms with van der Waals surface area (Å²) in [7, 11) is 0. The Labute approximate surface area is 165 Å². The maximum absolute atomic E-state index is 13.7. The standard InChI is InChI=1S/C21H20F2N4O2/c22-16-7-6-14(12-17(16)23)13-27-19(20(28)26-10-8-24-9-11-26)18(25-21(27)29)15-4-2-1-3-5-15/h1-7,12,24H,8-11,13H2,(H,25,29). The number of benzene rings is 2. The van der Waals surface area contributed by atoms with E-state index in [2.05, 4.69) is 10.3 Å². The molecule has 1 aliphatic rings. The molecule has 0 bridgehead atoms. The molecule has 3 aromatic rings. The summed E-state index contributed by atoms with van der Waals surface area (Å²) >= 11 is 0. The Balaban J connectivity index is 1.81. The molecule has 150 valence electrons. The summed E-state index contributed by atoms with van der Waals surface area (Å²) in [5, 5.41) is 3.19. The van der Waals surface area contributed by atoms with Crippen LogP contribution in [-0.4, -0.2) is 46.5 Å². The van der Waals surface area contributed by atoms with Gasteiger partial charge in [0.1, 0.15) is 5.69 Å². The van der Waals surface area contributed by atoms with Crippen molar-refractivity contribution in [2.45, 2.75) is 6.54 Å². The molecule has 0 radical (unpaired) electrons. The van der Waals surface area contributed by atoms with Gasteiger partial charge in [-0.3, -0.25) is 9.36 Å². The zero-order valence-electron chi connectivity index (χ0n) is 15.6. The number of carbonyl (C=O) groups is 1. The zero-order valence-corrected chi connectivity index (χ0v) is 15.6. The highest BCUT2D eigenvalue weighted by Crippen LogP contribution is 2.23. The maximum Gasteiger partial charge on any atom is 0.326 e. The Bertz CT molecular complexity index is 1090. The number of imidazole rings is 1. The fourth-order valence-corrected chi connectivity index (χ4v) is 3.50. The van der Waals surface area contributed by atoms with Crippen LogP contribution in [-0.2, 0) is 6.54 Å². The van der Waals surface area contributed by atoms with Gasteiger partial charge in [0.15, 0.2) is 11.6 Å². The predicted molar refractivity (Wildman–Crippen MR) is 105 cm³/mol. The van der Waals surface area contributed by atoms with Crippen molar-refractivity contribution in [2.75, 3.05) is 26.2 Å². The van der Waals surface area contributed by atoms with Crippen molar-refractivity contribution in [1.82, 2.24) is 19.8 Å². The van der Waals surface area contributed by atoms with Crippen LogP contribution in [0.2, 0.25) is 0 Å². The molecule has 0 unspecified atom stereocenters. The first kappa shape index (κ1) is 19.1. The molecule has 2 aromatic carbocycles. The topological polar surface area (TPSA) is 70.1 Å². The van der Waals surface area contributed by atoms with E-state index < -0.39 is 17.3 Å². The number of piperazine rings is 1. The van der Waals surface area contributed by atoms with E-state index in [1.54, 1.807) is 4.90 Å². The second kappa shape index (κ2) is 8.00. The van der Waals surface area contributed by atoms with Crippen LogP contribution in [0, 0.1) is 11.6 Å². The van der Waals surface area contributed by atoms with Gasteiger partial charge in [0.25, 0.3) is 5.91 Å². The quantitative estimate of drug-likeness (QED) is 0.708. The lowest BCUT2D eigenvalue weighted by Crippen LogP contribution is -2.47. The van der Waals surface area contributed by atoms with Gasteiger partial charge in [0.05, 0.1) is 12.2 Å². The average molecular weight is 398 g/mol. The van der Waals surface area contributed by atoms with E-state index in [4.69, 9.17) is 0 Å². The van der Waals surface area contributed by atoms with Crippen LogP contribution in [0.5, 0.6) is 0 Å². The van der Waals surface area contributed by atoms with E-state index in [9.17, 15) is 18.4 Å². The summed E-state index contributed by atoms with van der Waals surface area (Å²) in [5.41, 5.74) is 1.24. The first-order valence-electron chi connectivity index (χ1n) is 9.37. The number of hydrogen-bond donors (Lipinski definition) is 2. The summed E-state index contributed by atoms with van der Waals surface area (Å²) in [6.07, 6.45) is 0. The van der Waals surface area contributed by atoms with Gasteiger partial charge in [0, 0.05) is 31.7 Å². The van der Waals surface area contributed by atoms with Crippen LogP contribution in [0.4, 0.5) is 8.78 Å². The van der Waals surface area contributed by atoms with Crippen molar-refractivity contribution < 1.29 is 13.6 Å². The van der Waals surface area contributed by atoms with Gasteiger partial charge in [0.2, 0.25) is 0 Å². The normalized spacial score (nSPS) is 14.2. The van der Waals surface area contributed by atoms with Crippen molar-refractivity contribution >= 4 is 5.91 Å². The largest absolute Gasteiger partial charge is 0.335 e. The molecule has 2 N–H and O–H groups in total. The summed E-state index contributed by atoms with van der Waals surface area (Å²) in [5.74, 6) is -2.23. The number of nitrogens with zero attached hydrogens (tertiary/aromatic N) is 2. The number of aromatic nitrogens is 2. The van der Waals surface area contributed by atoms with Crippen molar-refractivity contribution in [3.63, 3.8) is 0 Å². The van der Waals surface area contributed by atoms with Gasteiger partial charge in [-0.2, -0.15) is 0 Å². The Morgan fingerprint density at radius 2 is 1.72 bits per heavy atom. The van der Waals surface area contributed by atoms with E-state index >= 15 is 0 Å². The predicted octanol–water partition coefficient (Wildman–Crippen LogP) is 2.22. The molecule has 8 heteroatoms. The average Bonchev–Trinajstić information content (AvgIpc) is 3.07. The van der Waals surface area contributed by atoms with Gasteiger partial charge < -0.3 is 15.2 Å². The first-order valence-corrected chi connectivity index (χ1v) is 9.37. The van der Waals surface area contributed by atoms with Crippen LogP contribution in [0.25, 0.3) is 11.3 Å². The summed E-state index contributed by atoms with van der Waals surface area (Å²) in [4.78, 5) is 30.5. The fraction of sp³-hybridized carbons (Fsp3) is 0.238. The third-order valence-electron chi connectivity index (χ3n) is 4.98. The van der Waals surface area contributed by atoms with E-state index in [0.717, 1.165) is 12.1 Å². The molecule has 0 aliphatic carbocycles. The second-order valence-corrected chi connectivity index (χ2v) is 6.90. The summed E-state index contributed by atoms with van der Waals surface area (Å²) in [6.45, 7) is 2.34. The number of H-pyrrole nitrogens is 1. The lowest BCUT2D eigenvalue weighted by atomic mass is 10.1. The minimum Gasteiger partial charge on any atom is -0.335 e. The molecule has 0 saturated carbocycles. The van der Waals surface area contributed by atoms with Crippen molar-refractivity contribution in [2.24, 2.45) is 0 Å². The molecule has 2 heterocycles. The highest BCUT2D eigenvalue weighted by atomic mass is 19.2. The van der Waals surface area contributed by atoms with Crippen LogP contribution in [0.3, 0.4) is 0 Å². The molecule has 4 rings (SSSR count). The van der Waals surface area contributed by atoms with Crippen LogP contribution < -0.4 is 11.0 Å². The lowest BCUT2D eigenvalue weighted by Gasteiger charge is -2.28. The van der Waals surface area contributed by atoms with E-state index in [1.807, 2.05) is 30.3 Å². The molecule has 1 aromatic heterocycles. The highest BCUT2D eigenvalue weighted by Gasteiger charge is 2.27. The van der Waals surface area contributed by atoms with Gasteiger partial charge in [-0.05, 0) is 17.7 Å². The highest BCUT2D eigenvalue weighted by molar-refractivity contribution is 5.98. The third kappa shape index (κ3) is 3.84. The number of rotatable bonds is 4. The monoisotopic (exact) mass is 398 g/mol. The Morgan fingerprint density at radius 1 is 1.00 bits per heavy atom. The number of hydrogen-bond acceptors (Lipinski definition) is 3. The molecule has 0 spiro atoms. The van der Waals surface area contributed by atoms with Crippen LogP contribution in [0.1, 0.15) is 16.1 Å². The van der Waals surface area contributed by atoms with Crippen molar-refractivity contribution in [3.8, 4) is 11.3 Å². The second-order valence-electron chi connectivity index (χ2n) is 6.90. The van der Waals surface area contributed by atoms with Crippen molar-refractivity contribution in [3.05, 3.63) is 81.9 Å². The van der Waals surface area contributed by atoms with E-state index in [-0.39, 0.29) is 18.1 Å². The third-order valence-corrected chi connectivity index (χ3v) is 4.98. The minimum atomic E-state index is -0.996. The van der Waals surface area contributed by atoms with E-state index in [0.29, 0.717) is 43.0 Å².